The molecule has 0 fully saturated rings. The molecule has 0 saturated heterocycles. The molecule has 4 nitrogen and oxygen atoms in total. The predicted octanol–water partition coefficient (Wildman–Crippen LogP) is 1.31. The Bertz CT molecular complexity index is 268. The SMILES string of the molecule is CC(C)(O)CNc1ccc(Cl)nn1. The second-order valence-corrected chi connectivity index (χ2v) is 3.79. The van der Waals surface area contributed by atoms with Crippen LogP contribution in [-0.2, 0) is 0 Å². The number of aliphatic hydroxyl groups is 1. The first kappa shape index (κ1) is 10.2. The normalized spacial score (nSPS) is 11.4. The smallest absolute Gasteiger partial charge is 0.151 e. The van der Waals surface area contributed by atoms with E-state index in [1.807, 2.05) is 0 Å². The van der Waals surface area contributed by atoms with Gasteiger partial charge in [0.05, 0.1) is 5.60 Å². The third-order valence-corrected chi connectivity index (χ3v) is 1.54. The van der Waals surface area contributed by atoms with E-state index >= 15 is 0 Å². The molecule has 0 saturated carbocycles. The van der Waals surface area contributed by atoms with Crippen molar-refractivity contribution in [3.63, 3.8) is 0 Å². The van der Waals surface area contributed by atoms with Gasteiger partial charge in [-0.15, -0.1) is 10.2 Å². The lowest BCUT2D eigenvalue weighted by Crippen LogP contribution is -2.29. The van der Waals surface area contributed by atoms with Gasteiger partial charge in [0.1, 0.15) is 5.82 Å². The van der Waals surface area contributed by atoms with Gasteiger partial charge in [0.15, 0.2) is 5.15 Å². The molecular formula is C8H12ClN3O. The summed E-state index contributed by atoms with van der Waals surface area (Å²) in [5.41, 5.74) is -0.763. The van der Waals surface area contributed by atoms with Crippen LogP contribution in [0.2, 0.25) is 5.15 Å². The molecule has 0 atom stereocenters. The first-order valence-electron chi connectivity index (χ1n) is 3.93. The summed E-state index contributed by atoms with van der Waals surface area (Å²) in [4.78, 5) is 0. The molecule has 1 heterocycles. The fourth-order valence-electron chi connectivity index (χ4n) is 0.717. The van der Waals surface area contributed by atoms with Crippen molar-refractivity contribution in [2.45, 2.75) is 19.4 Å². The maximum absolute atomic E-state index is 9.40. The Labute approximate surface area is 81.9 Å². The molecule has 0 radical (unpaired) electrons. The van der Waals surface area contributed by atoms with E-state index in [1.165, 1.54) is 0 Å². The fourth-order valence-corrected chi connectivity index (χ4v) is 0.818. The van der Waals surface area contributed by atoms with Gasteiger partial charge in [-0.05, 0) is 26.0 Å². The van der Waals surface area contributed by atoms with Crippen LogP contribution < -0.4 is 5.32 Å². The Balaban J connectivity index is 2.51. The van der Waals surface area contributed by atoms with Crippen LogP contribution in [0.4, 0.5) is 5.82 Å². The Morgan fingerprint density at radius 1 is 1.46 bits per heavy atom. The van der Waals surface area contributed by atoms with Crippen LogP contribution in [0.3, 0.4) is 0 Å². The van der Waals surface area contributed by atoms with E-state index in [4.69, 9.17) is 11.6 Å². The van der Waals surface area contributed by atoms with Crippen LogP contribution in [0.15, 0.2) is 12.1 Å². The van der Waals surface area contributed by atoms with Gasteiger partial charge in [-0.1, -0.05) is 11.6 Å². The summed E-state index contributed by atoms with van der Waals surface area (Å²) in [5.74, 6) is 0.603. The van der Waals surface area contributed by atoms with E-state index < -0.39 is 5.60 Å². The van der Waals surface area contributed by atoms with Crippen molar-refractivity contribution in [3.05, 3.63) is 17.3 Å². The number of rotatable bonds is 3. The monoisotopic (exact) mass is 201 g/mol. The highest BCUT2D eigenvalue weighted by molar-refractivity contribution is 6.29. The molecule has 0 amide bonds. The zero-order valence-electron chi connectivity index (χ0n) is 7.58. The van der Waals surface area contributed by atoms with Gasteiger partial charge in [0, 0.05) is 6.54 Å². The predicted molar refractivity (Wildman–Crippen MR) is 51.8 cm³/mol. The molecule has 2 N–H and O–H groups in total. The van der Waals surface area contributed by atoms with Crippen molar-refractivity contribution >= 4 is 17.4 Å². The second kappa shape index (κ2) is 3.89. The first-order valence-corrected chi connectivity index (χ1v) is 4.31. The van der Waals surface area contributed by atoms with Crippen LogP contribution in [0, 0.1) is 0 Å². The quantitative estimate of drug-likeness (QED) is 0.775. The summed E-state index contributed by atoms with van der Waals surface area (Å²) < 4.78 is 0. The van der Waals surface area contributed by atoms with Crippen LogP contribution in [0.1, 0.15) is 13.8 Å². The Morgan fingerprint density at radius 3 is 2.62 bits per heavy atom. The number of anilines is 1. The highest BCUT2D eigenvalue weighted by Gasteiger charge is 2.11. The zero-order chi connectivity index (χ0) is 9.90. The largest absolute Gasteiger partial charge is 0.389 e. The van der Waals surface area contributed by atoms with Crippen molar-refractivity contribution in [2.24, 2.45) is 0 Å². The highest BCUT2D eigenvalue weighted by Crippen LogP contribution is 2.07. The molecule has 0 aliphatic carbocycles. The number of nitrogens with zero attached hydrogens (tertiary/aromatic N) is 2. The summed E-state index contributed by atoms with van der Waals surface area (Å²) in [6, 6.07) is 3.35. The van der Waals surface area contributed by atoms with Crippen molar-refractivity contribution in [3.8, 4) is 0 Å². The summed E-state index contributed by atoms with van der Waals surface area (Å²) in [6.45, 7) is 3.84. The van der Waals surface area contributed by atoms with Crippen LogP contribution in [-0.4, -0.2) is 27.4 Å². The molecule has 0 aromatic carbocycles. The summed E-state index contributed by atoms with van der Waals surface area (Å²) >= 11 is 5.55. The van der Waals surface area contributed by atoms with E-state index in [2.05, 4.69) is 15.5 Å². The van der Waals surface area contributed by atoms with Crippen molar-refractivity contribution in [2.75, 3.05) is 11.9 Å². The van der Waals surface area contributed by atoms with Crippen LogP contribution in [0.25, 0.3) is 0 Å². The summed E-state index contributed by atoms with van der Waals surface area (Å²) in [6.07, 6.45) is 0. The standard InChI is InChI=1S/C8H12ClN3O/c1-8(2,13)5-10-7-4-3-6(9)11-12-7/h3-4,13H,5H2,1-2H3,(H,10,12). The Morgan fingerprint density at radius 2 is 2.15 bits per heavy atom. The fraction of sp³-hybridized carbons (Fsp3) is 0.500. The minimum Gasteiger partial charge on any atom is -0.389 e. The Hall–Kier alpha value is -0.870. The van der Waals surface area contributed by atoms with Crippen LogP contribution >= 0.6 is 11.6 Å². The van der Waals surface area contributed by atoms with Crippen molar-refractivity contribution < 1.29 is 5.11 Å². The molecule has 1 rings (SSSR count). The minimum absolute atomic E-state index is 0.355. The van der Waals surface area contributed by atoms with E-state index in [0.717, 1.165) is 0 Å². The van der Waals surface area contributed by atoms with Gasteiger partial charge in [-0.3, -0.25) is 0 Å². The van der Waals surface area contributed by atoms with E-state index in [9.17, 15) is 5.11 Å². The number of halogens is 1. The number of nitrogens with one attached hydrogen (secondary N) is 1. The van der Waals surface area contributed by atoms with Gasteiger partial charge in [-0.2, -0.15) is 0 Å². The summed E-state index contributed by atoms with van der Waals surface area (Å²) in [7, 11) is 0. The molecule has 5 heteroatoms. The highest BCUT2D eigenvalue weighted by atomic mass is 35.5. The Kier molecular flexibility index (Phi) is 3.06. The van der Waals surface area contributed by atoms with E-state index in [-0.39, 0.29) is 0 Å². The lowest BCUT2D eigenvalue weighted by atomic mass is 10.1. The van der Waals surface area contributed by atoms with Gasteiger partial charge >= 0.3 is 0 Å². The lowest BCUT2D eigenvalue weighted by Gasteiger charge is -2.17. The molecule has 0 spiro atoms. The molecule has 0 aliphatic rings. The molecule has 13 heavy (non-hydrogen) atoms. The maximum Gasteiger partial charge on any atom is 0.151 e. The molecule has 1 aromatic heterocycles. The molecular weight excluding hydrogens is 190 g/mol. The van der Waals surface area contributed by atoms with Gasteiger partial charge in [0.25, 0.3) is 0 Å². The zero-order valence-corrected chi connectivity index (χ0v) is 8.34. The average Bonchev–Trinajstić information content (AvgIpc) is 2.02. The van der Waals surface area contributed by atoms with Crippen LogP contribution in [0.5, 0.6) is 0 Å². The number of aromatic nitrogens is 2. The third kappa shape index (κ3) is 4.05. The molecule has 0 unspecified atom stereocenters. The topological polar surface area (TPSA) is 58.0 Å². The molecule has 0 bridgehead atoms. The average molecular weight is 202 g/mol. The van der Waals surface area contributed by atoms with Gasteiger partial charge < -0.3 is 10.4 Å². The minimum atomic E-state index is -0.763. The first-order chi connectivity index (χ1) is 5.97. The molecule has 1 aromatic rings. The molecule has 0 aliphatic heterocycles. The maximum atomic E-state index is 9.40. The lowest BCUT2D eigenvalue weighted by molar-refractivity contribution is 0.0944. The van der Waals surface area contributed by atoms with E-state index in [0.29, 0.717) is 17.5 Å². The van der Waals surface area contributed by atoms with Gasteiger partial charge in [-0.25, -0.2) is 0 Å². The van der Waals surface area contributed by atoms with Crippen molar-refractivity contribution in [1.29, 1.82) is 0 Å². The second-order valence-electron chi connectivity index (χ2n) is 3.41. The molecule has 72 valence electrons. The number of hydrogen-bond acceptors (Lipinski definition) is 4. The number of hydrogen-bond donors (Lipinski definition) is 2. The van der Waals surface area contributed by atoms with Crippen molar-refractivity contribution in [1.82, 2.24) is 10.2 Å². The summed E-state index contributed by atoms with van der Waals surface area (Å²) in [5, 5.41) is 20.1. The van der Waals surface area contributed by atoms with E-state index in [1.54, 1.807) is 26.0 Å². The third-order valence-electron chi connectivity index (χ3n) is 1.33. The van der Waals surface area contributed by atoms with Gasteiger partial charge in [0.2, 0.25) is 0 Å².